The average Bonchev–Trinajstić information content (AvgIpc) is 2.75. The molecular weight excluding hydrogens is 335 g/mol. The first-order valence-electron chi connectivity index (χ1n) is 5.82. The van der Waals surface area contributed by atoms with Gasteiger partial charge in [0.15, 0.2) is 0 Å². The van der Waals surface area contributed by atoms with Gasteiger partial charge in [-0.2, -0.15) is 0 Å². The predicted octanol–water partition coefficient (Wildman–Crippen LogP) is 1.64. The maximum atomic E-state index is 13.6. The number of benzene rings is 1. The molecule has 0 aromatic heterocycles. The van der Waals surface area contributed by atoms with Gasteiger partial charge in [0.05, 0.1) is 11.8 Å². The minimum atomic E-state index is -1.20. The van der Waals surface area contributed by atoms with Gasteiger partial charge in [-0.3, -0.25) is 0 Å². The highest BCUT2D eigenvalue weighted by Crippen LogP contribution is 2.22. The first-order chi connectivity index (χ1) is 9.38. The Morgan fingerprint density at radius 3 is 2.75 bits per heavy atom. The van der Waals surface area contributed by atoms with E-state index in [4.69, 9.17) is 5.11 Å². The molecule has 1 aromatic carbocycles. The van der Waals surface area contributed by atoms with Gasteiger partial charge in [-0.05, 0) is 18.2 Å². The molecule has 1 saturated heterocycles. The van der Waals surface area contributed by atoms with Crippen LogP contribution in [0.5, 0.6) is 0 Å². The van der Waals surface area contributed by atoms with Crippen LogP contribution in [0.3, 0.4) is 0 Å². The Bertz CT molecular complexity index is 554. The van der Waals surface area contributed by atoms with Gasteiger partial charge in [-0.25, -0.2) is 14.0 Å². The number of hydrogen-bond donors (Lipinski definition) is 3. The Balaban J connectivity index is 2.13. The Kier molecular flexibility index (Phi) is 4.24. The minimum absolute atomic E-state index is 0.0361. The SMILES string of the molecule is O=C(O)C1CC(O)CN1C(=O)Nc1ccc(Br)cc1F. The Morgan fingerprint density at radius 2 is 2.15 bits per heavy atom. The van der Waals surface area contributed by atoms with Gasteiger partial charge in [0.2, 0.25) is 0 Å². The zero-order chi connectivity index (χ0) is 14.9. The topological polar surface area (TPSA) is 89.9 Å². The highest BCUT2D eigenvalue weighted by atomic mass is 79.9. The number of hydrogen-bond acceptors (Lipinski definition) is 3. The van der Waals surface area contributed by atoms with E-state index in [1.54, 1.807) is 6.07 Å². The quantitative estimate of drug-likeness (QED) is 0.759. The molecule has 2 atom stereocenters. The van der Waals surface area contributed by atoms with E-state index in [2.05, 4.69) is 21.2 Å². The van der Waals surface area contributed by atoms with Crippen molar-refractivity contribution in [3.63, 3.8) is 0 Å². The molecule has 6 nitrogen and oxygen atoms in total. The van der Waals surface area contributed by atoms with E-state index < -0.39 is 30.0 Å². The van der Waals surface area contributed by atoms with Crippen molar-refractivity contribution in [2.45, 2.75) is 18.6 Å². The van der Waals surface area contributed by atoms with Crippen LogP contribution in [-0.2, 0) is 4.79 Å². The van der Waals surface area contributed by atoms with E-state index in [0.29, 0.717) is 4.47 Å². The van der Waals surface area contributed by atoms with Crippen LogP contribution in [0.4, 0.5) is 14.9 Å². The number of aliphatic carboxylic acids is 1. The third-order valence-corrected chi connectivity index (χ3v) is 3.49. The van der Waals surface area contributed by atoms with E-state index in [1.165, 1.54) is 12.1 Å². The molecule has 3 N–H and O–H groups in total. The van der Waals surface area contributed by atoms with E-state index in [-0.39, 0.29) is 18.7 Å². The van der Waals surface area contributed by atoms with Crippen LogP contribution in [-0.4, -0.2) is 45.8 Å². The maximum Gasteiger partial charge on any atom is 0.326 e. The lowest BCUT2D eigenvalue weighted by atomic mass is 10.2. The largest absolute Gasteiger partial charge is 0.480 e. The molecule has 108 valence electrons. The number of carboxylic acids is 1. The molecular formula is C12H12BrFN2O4. The predicted molar refractivity (Wildman–Crippen MR) is 71.9 cm³/mol. The van der Waals surface area contributed by atoms with Crippen LogP contribution in [0.15, 0.2) is 22.7 Å². The number of carbonyl (C=O) groups is 2. The molecule has 1 aliphatic heterocycles. The fourth-order valence-corrected chi connectivity index (χ4v) is 2.38. The number of amides is 2. The van der Waals surface area contributed by atoms with Crippen molar-refractivity contribution in [2.24, 2.45) is 0 Å². The van der Waals surface area contributed by atoms with Crippen LogP contribution in [0.25, 0.3) is 0 Å². The van der Waals surface area contributed by atoms with E-state index >= 15 is 0 Å². The first-order valence-corrected chi connectivity index (χ1v) is 6.61. The fraction of sp³-hybridized carbons (Fsp3) is 0.333. The van der Waals surface area contributed by atoms with Gasteiger partial charge in [-0.15, -0.1) is 0 Å². The van der Waals surface area contributed by atoms with Crippen molar-refractivity contribution in [2.75, 3.05) is 11.9 Å². The Labute approximate surface area is 122 Å². The number of anilines is 1. The van der Waals surface area contributed by atoms with Crippen LogP contribution < -0.4 is 5.32 Å². The summed E-state index contributed by atoms with van der Waals surface area (Å²) in [5.41, 5.74) is -0.0521. The second-order valence-corrected chi connectivity index (χ2v) is 5.37. The number of likely N-dealkylation sites (tertiary alicyclic amines) is 1. The molecule has 0 spiro atoms. The summed E-state index contributed by atoms with van der Waals surface area (Å²) in [6.07, 6.45) is -0.928. The van der Waals surface area contributed by atoms with Crippen molar-refractivity contribution in [3.05, 3.63) is 28.5 Å². The van der Waals surface area contributed by atoms with Crippen molar-refractivity contribution in [3.8, 4) is 0 Å². The maximum absolute atomic E-state index is 13.6. The van der Waals surface area contributed by atoms with E-state index in [9.17, 15) is 19.1 Å². The zero-order valence-electron chi connectivity index (χ0n) is 10.2. The molecule has 2 rings (SSSR count). The summed E-state index contributed by atoms with van der Waals surface area (Å²) in [5, 5.41) is 20.8. The number of halogens is 2. The van der Waals surface area contributed by atoms with Crippen molar-refractivity contribution in [1.82, 2.24) is 4.90 Å². The summed E-state index contributed by atoms with van der Waals surface area (Å²) in [4.78, 5) is 24.0. The van der Waals surface area contributed by atoms with Gasteiger partial charge < -0.3 is 20.4 Å². The molecule has 0 saturated carbocycles. The number of aliphatic hydroxyl groups is 1. The molecule has 2 unspecified atom stereocenters. The normalized spacial score (nSPS) is 21.9. The number of β-amino-alcohol motifs (C(OH)–C–C–N with tert-alkyl or cyclic N) is 1. The van der Waals surface area contributed by atoms with Crippen LogP contribution in [0.1, 0.15) is 6.42 Å². The highest BCUT2D eigenvalue weighted by Gasteiger charge is 2.39. The monoisotopic (exact) mass is 346 g/mol. The number of rotatable bonds is 2. The molecule has 0 aliphatic carbocycles. The molecule has 8 heteroatoms. The van der Waals surface area contributed by atoms with Gasteiger partial charge in [0, 0.05) is 17.4 Å². The van der Waals surface area contributed by atoms with Crippen molar-refractivity contribution < 1.29 is 24.2 Å². The molecule has 1 heterocycles. The molecule has 2 amide bonds. The van der Waals surface area contributed by atoms with Crippen LogP contribution >= 0.6 is 15.9 Å². The lowest BCUT2D eigenvalue weighted by Crippen LogP contribution is -2.43. The summed E-state index contributed by atoms with van der Waals surface area (Å²) in [5.74, 6) is -1.84. The number of carboxylic acid groups (broad SMARTS) is 1. The number of nitrogens with zero attached hydrogens (tertiary/aromatic N) is 1. The molecule has 0 bridgehead atoms. The Hall–Kier alpha value is -1.67. The summed E-state index contributed by atoms with van der Waals surface area (Å²) in [6.45, 7) is -0.0963. The van der Waals surface area contributed by atoms with Crippen molar-refractivity contribution >= 4 is 33.6 Å². The molecule has 1 aliphatic rings. The number of aliphatic hydroxyl groups excluding tert-OH is 1. The van der Waals surface area contributed by atoms with Crippen molar-refractivity contribution in [1.29, 1.82) is 0 Å². The third kappa shape index (κ3) is 3.07. The van der Waals surface area contributed by atoms with E-state index in [1.807, 2.05) is 0 Å². The number of carbonyl (C=O) groups excluding carboxylic acids is 1. The average molecular weight is 347 g/mol. The number of nitrogens with one attached hydrogen (secondary N) is 1. The van der Waals surface area contributed by atoms with Gasteiger partial charge >= 0.3 is 12.0 Å². The second kappa shape index (κ2) is 5.76. The highest BCUT2D eigenvalue weighted by molar-refractivity contribution is 9.10. The van der Waals surface area contributed by atoms with Gasteiger partial charge in [-0.1, -0.05) is 15.9 Å². The van der Waals surface area contributed by atoms with Gasteiger partial charge in [0.1, 0.15) is 11.9 Å². The minimum Gasteiger partial charge on any atom is -0.480 e. The smallest absolute Gasteiger partial charge is 0.326 e. The van der Waals surface area contributed by atoms with Gasteiger partial charge in [0.25, 0.3) is 0 Å². The summed E-state index contributed by atoms with van der Waals surface area (Å²) in [6, 6.07) is 2.23. The molecule has 1 aromatic rings. The third-order valence-electron chi connectivity index (χ3n) is 3.00. The molecule has 1 fully saturated rings. The molecule has 20 heavy (non-hydrogen) atoms. The van der Waals surface area contributed by atoms with E-state index in [0.717, 1.165) is 4.90 Å². The second-order valence-electron chi connectivity index (χ2n) is 4.45. The lowest BCUT2D eigenvalue weighted by Gasteiger charge is -2.21. The number of urea groups is 1. The molecule has 0 radical (unpaired) electrons. The summed E-state index contributed by atoms with van der Waals surface area (Å²) >= 11 is 3.09. The standard InChI is InChI=1S/C12H12BrFN2O4/c13-6-1-2-9(8(14)3-6)15-12(20)16-5-7(17)4-10(16)11(18)19/h1-3,7,10,17H,4-5H2,(H,15,20)(H,18,19). The summed E-state index contributed by atoms with van der Waals surface area (Å²) in [7, 11) is 0. The lowest BCUT2D eigenvalue weighted by molar-refractivity contribution is -0.141. The van der Waals surface area contributed by atoms with Crippen LogP contribution in [0.2, 0.25) is 0 Å². The fourth-order valence-electron chi connectivity index (χ4n) is 2.05. The first kappa shape index (κ1) is 14.7. The van der Waals surface area contributed by atoms with Crippen LogP contribution in [0, 0.1) is 5.82 Å². The Morgan fingerprint density at radius 1 is 1.45 bits per heavy atom. The zero-order valence-corrected chi connectivity index (χ0v) is 11.8. The summed E-state index contributed by atoms with van der Waals surface area (Å²) < 4.78 is 14.1.